The Bertz CT molecular complexity index is 685. The molecular weight excluding hydrogens is 259 g/mol. The first-order valence-electron chi connectivity index (χ1n) is 6.50. The van der Waals surface area contributed by atoms with Crippen LogP contribution in [0.2, 0.25) is 0 Å². The average molecular weight is 274 g/mol. The van der Waals surface area contributed by atoms with Gasteiger partial charge < -0.3 is 10.6 Å². The van der Waals surface area contributed by atoms with Gasteiger partial charge in [0.05, 0.1) is 5.69 Å². The minimum absolute atomic E-state index is 0.0540. The Labute approximate surface area is 115 Å². The number of nitrogens with zero attached hydrogens (tertiary/aromatic N) is 3. The molecule has 2 N–H and O–H groups in total. The van der Waals surface area contributed by atoms with E-state index in [1.165, 1.54) is 23.0 Å². The maximum Gasteiger partial charge on any atom is 0.298 e. The predicted molar refractivity (Wildman–Crippen MR) is 74.6 cm³/mol. The maximum absolute atomic E-state index is 13.8. The summed E-state index contributed by atoms with van der Waals surface area (Å²) >= 11 is 0. The van der Waals surface area contributed by atoms with Crippen molar-refractivity contribution in [3.05, 3.63) is 52.8 Å². The molecule has 2 heterocycles. The second-order valence-electron chi connectivity index (χ2n) is 4.87. The Morgan fingerprint density at radius 2 is 2.15 bits per heavy atom. The lowest BCUT2D eigenvalue weighted by molar-refractivity contribution is 0.615. The summed E-state index contributed by atoms with van der Waals surface area (Å²) < 4.78 is 15.1. The van der Waals surface area contributed by atoms with Crippen LogP contribution in [0.25, 0.3) is 5.69 Å². The van der Waals surface area contributed by atoms with Crippen LogP contribution in [-0.2, 0) is 0 Å². The molecule has 0 amide bonds. The zero-order chi connectivity index (χ0) is 14.1. The number of anilines is 1. The molecule has 20 heavy (non-hydrogen) atoms. The third-order valence-corrected chi connectivity index (χ3v) is 3.46. The van der Waals surface area contributed by atoms with E-state index in [0.717, 1.165) is 6.42 Å². The van der Waals surface area contributed by atoms with Crippen molar-refractivity contribution in [2.75, 3.05) is 18.0 Å². The van der Waals surface area contributed by atoms with Gasteiger partial charge in [0.15, 0.2) is 5.82 Å². The summed E-state index contributed by atoms with van der Waals surface area (Å²) in [6, 6.07) is 6.23. The van der Waals surface area contributed by atoms with Crippen LogP contribution in [0.15, 0.2) is 41.5 Å². The van der Waals surface area contributed by atoms with Gasteiger partial charge in [-0.05, 0) is 18.6 Å². The Kier molecular flexibility index (Phi) is 3.23. The Balaban J connectivity index is 2.07. The molecule has 1 aromatic heterocycles. The van der Waals surface area contributed by atoms with Crippen LogP contribution in [0.3, 0.4) is 0 Å². The van der Waals surface area contributed by atoms with Gasteiger partial charge in [0.2, 0.25) is 0 Å². The van der Waals surface area contributed by atoms with Crippen LogP contribution in [-0.4, -0.2) is 28.7 Å². The molecule has 1 aromatic carbocycles. The van der Waals surface area contributed by atoms with Crippen molar-refractivity contribution in [2.24, 2.45) is 5.73 Å². The van der Waals surface area contributed by atoms with E-state index in [4.69, 9.17) is 5.73 Å². The van der Waals surface area contributed by atoms with Crippen LogP contribution in [0.5, 0.6) is 0 Å². The minimum atomic E-state index is -0.440. The molecule has 1 aliphatic rings. The number of para-hydroxylation sites is 1. The van der Waals surface area contributed by atoms with Gasteiger partial charge in [-0.25, -0.2) is 9.37 Å². The van der Waals surface area contributed by atoms with Gasteiger partial charge in [-0.15, -0.1) is 0 Å². The second-order valence-corrected chi connectivity index (χ2v) is 4.87. The molecule has 1 fully saturated rings. The van der Waals surface area contributed by atoms with Crippen molar-refractivity contribution in [1.82, 2.24) is 9.55 Å². The lowest BCUT2D eigenvalue weighted by Gasteiger charge is -2.17. The summed E-state index contributed by atoms with van der Waals surface area (Å²) in [5.74, 6) is -0.117. The standard InChI is InChI=1S/C14H15FN4O/c15-11-3-1-2-4-12(11)19-8-6-17-13(14(19)20)18-7-5-10(16)9-18/h1-4,6,8,10H,5,7,9,16H2. The first-order chi connectivity index (χ1) is 9.66. The number of hydrogen-bond donors (Lipinski definition) is 1. The molecule has 104 valence electrons. The Morgan fingerprint density at radius 1 is 1.35 bits per heavy atom. The third-order valence-electron chi connectivity index (χ3n) is 3.46. The van der Waals surface area contributed by atoms with Gasteiger partial charge in [0.25, 0.3) is 5.56 Å². The number of rotatable bonds is 2. The molecule has 0 spiro atoms. The molecule has 1 atom stereocenters. The minimum Gasteiger partial charge on any atom is -0.350 e. The Morgan fingerprint density at radius 3 is 2.85 bits per heavy atom. The summed E-state index contributed by atoms with van der Waals surface area (Å²) in [5.41, 5.74) is 5.75. The van der Waals surface area contributed by atoms with Crippen LogP contribution >= 0.6 is 0 Å². The zero-order valence-corrected chi connectivity index (χ0v) is 10.9. The fraction of sp³-hybridized carbons (Fsp3) is 0.286. The molecule has 1 unspecified atom stereocenters. The molecule has 0 bridgehead atoms. The van der Waals surface area contributed by atoms with E-state index in [9.17, 15) is 9.18 Å². The number of benzene rings is 1. The molecule has 0 saturated carbocycles. The molecule has 0 radical (unpaired) electrons. The second kappa shape index (κ2) is 5.05. The van der Waals surface area contributed by atoms with Gasteiger partial charge in [-0.1, -0.05) is 12.1 Å². The number of hydrogen-bond acceptors (Lipinski definition) is 4. The fourth-order valence-electron chi connectivity index (χ4n) is 2.43. The van der Waals surface area contributed by atoms with E-state index in [2.05, 4.69) is 4.98 Å². The highest BCUT2D eigenvalue weighted by atomic mass is 19.1. The molecule has 1 saturated heterocycles. The van der Waals surface area contributed by atoms with Gasteiger partial charge in [0.1, 0.15) is 5.82 Å². The zero-order valence-electron chi connectivity index (χ0n) is 10.9. The number of nitrogens with two attached hydrogens (primary N) is 1. The van der Waals surface area contributed by atoms with E-state index < -0.39 is 5.82 Å². The van der Waals surface area contributed by atoms with E-state index in [1.807, 2.05) is 4.90 Å². The van der Waals surface area contributed by atoms with Crippen molar-refractivity contribution >= 4 is 5.82 Å². The number of halogens is 1. The largest absolute Gasteiger partial charge is 0.350 e. The van der Waals surface area contributed by atoms with Gasteiger partial charge in [0, 0.05) is 31.5 Å². The maximum atomic E-state index is 13.8. The van der Waals surface area contributed by atoms with Crippen molar-refractivity contribution < 1.29 is 4.39 Å². The monoisotopic (exact) mass is 274 g/mol. The highest BCUT2D eigenvalue weighted by Gasteiger charge is 2.23. The van der Waals surface area contributed by atoms with E-state index in [0.29, 0.717) is 18.9 Å². The molecule has 6 heteroatoms. The molecule has 0 aliphatic carbocycles. The summed E-state index contributed by atoms with van der Waals surface area (Å²) in [4.78, 5) is 18.4. The normalized spacial score (nSPS) is 18.5. The third kappa shape index (κ3) is 2.18. The van der Waals surface area contributed by atoms with Gasteiger partial charge in [-0.2, -0.15) is 0 Å². The van der Waals surface area contributed by atoms with Crippen molar-refractivity contribution in [3.63, 3.8) is 0 Å². The summed E-state index contributed by atoms with van der Waals surface area (Å²) in [6.45, 7) is 1.30. The lowest BCUT2D eigenvalue weighted by atomic mass is 10.3. The molecule has 5 nitrogen and oxygen atoms in total. The first kappa shape index (κ1) is 12.8. The smallest absolute Gasteiger partial charge is 0.298 e. The quantitative estimate of drug-likeness (QED) is 0.884. The highest BCUT2D eigenvalue weighted by molar-refractivity contribution is 5.42. The van der Waals surface area contributed by atoms with E-state index in [-0.39, 0.29) is 17.3 Å². The van der Waals surface area contributed by atoms with Crippen LogP contribution in [0.1, 0.15) is 6.42 Å². The SMILES string of the molecule is NC1CCN(c2nccn(-c3ccccc3F)c2=O)C1. The topological polar surface area (TPSA) is 64.2 Å². The summed E-state index contributed by atoms with van der Waals surface area (Å²) in [7, 11) is 0. The Hall–Kier alpha value is -2.21. The first-order valence-corrected chi connectivity index (χ1v) is 6.50. The molecule has 3 rings (SSSR count). The predicted octanol–water partition coefficient (Wildman–Crippen LogP) is 0.909. The molecule has 2 aromatic rings. The summed E-state index contributed by atoms with van der Waals surface area (Å²) in [6.07, 6.45) is 3.81. The van der Waals surface area contributed by atoms with E-state index in [1.54, 1.807) is 18.2 Å². The van der Waals surface area contributed by atoms with Crippen molar-refractivity contribution in [1.29, 1.82) is 0 Å². The van der Waals surface area contributed by atoms with Gasteiger partial charge in [-0.3, -0.25) is 9.36 Å². The van der Waals surface area contributed by atoms with Gasteiger partial charge >= 0.3 is 0 Å². The number of aromatic nitrogens is 2. The molecular formula is C14H15FN4O. The van der Waals surface area contributed by atoms with Crippen LogP contribution in [0, 0.1) is 5.82 Å². The van der Waals surface area contributed by atoms with E-state index >= 15 is 0 Å². The molecule has 1 aliphatic heterocycles. The average Bonchev–Trinajstić information content (AvgIpc) is 2.86. The van der Waals surface area contributed by atoms with Crippen LogP contribution in [0.4, 0.5) is 10.2 Å². The lowest BCUT2D eigenvalue weighted by Crippen LogP contribution is -2.33. The van der Waals surface area contributed by atoms with Crippen molar-refractivity contribution in [3.8, 4) is 5.69 Å². The van der Waals surface area contributed by atoms with Crippen LogP contribution < -0.4 is 16.2 Å². The van der Waals surface area contributed by atoms with Crippen molar-refractivity contribution in [2.45, 2.75) is 12.5 Å². The fourth-order valence-corrected chi connectivity index (χ4v) is 2.43. The summed E-state index contributed by atoms with van der Waals surface area (Å²) in [5, 5.41) is 0. The highest BCUT2D eigenvalue weighted by Crippen LogP contribution is 2.15.